The average molecular weight is 407 g/mol. The van der Waals surface area contributed by atoms with E-state index in [1.807, 2.05) is 0 Å². The fourth-order valence-corrected chi connectivity index (χ4v) is 4.73. The predicted molar refractivity (Wildman–Crippen MR) is 102 cm³/mol. The van der Waals surface area contributed by atoms with E-state index in [-0.39, 0.29) is 23.6 Å². The first-order chi connectivity index (χ1) is 12.8. The smallest absolute Gasteiger partial charge is 0.243 e. The Morgan fingerprint density at radius 1 is 1.19 bits per heavy atom. The molecule has 1 saturated heterocycles. The molecule has 1 aliphatic heterocycles. The average Bonchev–Trinajstić information content (AvgIpc) is 2.64. The van der Waals surface area contributed by atoms with Gasteiger partial charge in [0.15, 0.2) is 5.78 Å². The van der Waals surface area contributed by atoms with Gasteiger partial charge in [0.2, 0.25) is 10.0 Å². The highest BCUT2D eigenvalue weighted by molar-refractivity contribution is 7.89. The Morgan fingerprint density at radius 3 is 2.41 bits per heavy atom. The molecule has 0 aliphatic carbocycles. The number of rotatable bonds is 4. The van der Waals surface area contributed by atoms with Crippen LogP contribution in [0.25, 0.3) is 0 Å². The van der Waals surface area contributed by atoms with Crippen molar-refractivity contribution >= 4 is 27.4 Å². The van der Waals surface area contributed by atoms with E-state index in [1.54, 1.807) is 25.2 Å². The molecule has 0 bridgehead atoms. The zero-order chi connectivity index (χ0) is 19.6. The van der Waals surface area contributed by atoms with Crippen molar-refractivity contribution in [2.45, 2.75) is 17.4 Å². The van der Waals surface area contributed by atoms with Crippen molar-refractivity contribution in [3.63, 3.8) is 0 Å². The van der Waals surface area contributed by atoms with Crippen molar-refractivity contribution in [3.8, 4) is 0 Å². The van der Waals surface area contributed by atoms with Gasteiger partial charge in [0.25, 0.3) is 0 Å². The predicted octanol–water partition coefficient (Wildman–Crippen LogP) is 2.28. The number of Topliss-reactive ketones (excluding diaryl/α,β-unsaturated/α-hetero) is 1. The molecule has 0 saturated carbocycles. The van der Waals surface area contributed by atoms with Crippen LogP contribution in [0.3, 0.4) is 0 Å². The van der Waals surface area contributed by atoms with Crippen LogP contribution in [0, 0.1) is 0 Å². The minimum absolute atomic E-state index is 0.0775. The molecule has 1 aromatic carbocycles. The van der Waals surface area contributed by atoms with E-state index in [0.29, 0.717) is 16.2 Å². The number of sulfonamides is 1. The Labute approximate surface area is 163 Å². The van der Waals surface area contributed by atoms with Gasteiger partial charge in [-0.3, -0.25) is 4.79 Å². The van der Waals surface area contributed by atoms with Crippen LogP contribution in [0.2, 0.25) is 5.02 Å². The summed E-state index contributed by atoms with van der Waals surface area (Å²) in [5, 5.41) is 0.448. The fourth-order valence-electron chi connectivity index (χ4n) is 3.01. The lowest BCUT2D eigenvalue weighted by molar-refractivity contribution is -0.117. The van der Waals surface area contributed by atoms with Gasteiger partial charge in [-0.2, -0.15) is 4.31 Å². The number of benzene rings is 1. The maximum absolute atomic E-state index is 13.3. The van der Waals surface area contributed by atoms with Crippen LogP contribution < -0.4 is 0 Å². The van der Waals surface area contributed by atoms with Crippen molar-refractivity contribution in [3.05, 3.63) is 65.3 Å². The lowest BCUT2D eigenvalue weighted by Crippen LogP contribution is -2.43. The molecule has 7 nitrogen and oxygen atoms in total. The fraction of sp³-hybridized carbons (Fsp3) is 0.278. The Bertz CT molecular complexity index is 960. The Balaban J connectivity index is 2.14. The third-order valence-electron chi connectivity index (χ3n) is 4.18. The molecule has 3 rings (SSSR count). The van der Waals surface area contributed by atoms with Gasteiger partial charge in [0, 0.05) is 61.8 Å². The first-order valence-electron chi connectivity index (χ1n) is 8.24. The standard InChI is InChI=1S/C18H19ClN4O3S/c1-22(2)11-16-17(24)7-8-23(18(16)13-9-20-12-21-10-13)27(25,26)15-5-3-14(19)4-6-15/h3-6,9-12,18H,7-8H2,1-2H3/b16-11+. The van der Waals surface area contributed by atoms with Gasteiger partial charge in [0.1, 0.15) is 6.33 Å². The van der Waals surface area contributed by atoms with E-state index in [1.165, 1.54) is 47.3 Å². The Hall–Kier alpha value is -2.29. The van der Waals surface area contributed by atoms with Crippen LogP contribution in [0.5, 0.6) is 0 Å². The van der Waals surface area contributed by atoms with E-state index >= 15 is 0 Å². The normalized spacial score (nSPS) is 20.0. The highest BCUT2D eigenvalue weighted by Crippen LogP contribution is 2.37. The summed E-state index contributed by atoms with van der Waals surface area (Å²) < 4.78 is 27.9. The highest BCUT2D eigenvalue weighted by Gasteiger charge is 2.41. The molecule has 1 aliphatic rings. The second-order valence-corrected chi connectivity index (χ2v) is 8.69. The maximum Gasteiger partial charge on any atom is 0.243 e. The van der Waals surface area contributed by atoms with Gasteiger partial charge in [-0.05, 0) is 24.3 Å². The van der Waals surface area contributed by atoms with E-state index in [0.717, 1.165) is 0 Å². The van der Waals surface area contributed by atoms with Crippen LogP contribution in [0.4, 0.5) is 0 Å². The van der Waals surface area contributed by atoms with Crippen molar-refractivity contribution in [1.82, 2.24) is 19.2 Å². The molecule has 0 radical (unpaired) electrons. The summed E-state index contributed by atoms with van der Waals surface area (Å²) in [6, 6.07) is 5.18. The summed E-state index contributed by atoms with van der Waals surface area (Å²) >= 11 is 5.89. The number of carbonyl (C=O) groups is 1. The topological polar surface area (TPSA) is 83.5 Å². The lowest BCUT2D eigenvalue weighted by atomic mass is 9.93. The largest absolute Gasteiger partial charge is 0.383 e. The van der Waals surface area contributed by atoms with Crippen LogP contribution in [-0.4, -0.2) is 54.0 Å². The molecular weight excluding hydrogens is 388 g/mol. The zero-order valence-electron chi connectivity index (χ0n) is 14.9. The number of ketones is 1. The first kappa shape index (κ1) is 19.5. The summed E-state index contributed by atoms with van der Waals surface area (Å²) in [6.07, 6.45) is 6.19. The molecule has 27 heavy (non-hydrogen) atoms. The number of carbonyl (C=O) groups excluding carboxylic acids is 1. The third-order valence-corrected chi connectivity index (χ3v) is 6.31. The molecule has 142 valence electrons. The number of hydrogen-bond donors (Lipinski definition) is 0. The van der Waals surface area contributed by atoms with Crippen LogP contribution in [-0.2, 0) is 14.8 Å². The van der Waals surface area contributed by atoms with Gasteiger partial charge in [0.05, 0.1) is 10.9 Å². The van der Waals surface area contributed by atoms with Gasteiger partial charge in [-0.15, -0.1) is 0 Å². The van der Waals surface area contributed by atoms with E-state index in [9.17, 15) is 13.2 Å². The van der Waals surface area contributed by atoms with E-state index in [2.05, 4.69) is 9.97 Å². The van der Waals surface area contributed by atoms with Crippen LogP contribution in [0.15, 0.2) is 59.7 Å². The first-order valence-corrected chi connectivity index (χ1v) is 10.1. The van der Waals surface area contributed by atoms with E-state index < -0.39 is 16.1 Å². The van der Waals surface area contributed by atoms with Crippen molar-refractivity contribution in [1.29, 1.82) is 0 Å². The molecule has 1 aromatic heterocycles. The van der Waals surface area contributed by atoms with E-state index in [4.69, 9.17) is 11.6 Å². The highest BCUT2D eigenvalue weighted by atomic mass is 35.5. The van der Waals surface area contributed by atoms with Crippen molar-refractivity contribution in [2.24, 2.45) is 0 Å². The summed E-state index contributed by atoms with van der Waals surface area (Å²) in [5.74, 6) is -0.0971. The molecular formula is C18H19ClN4O3S. The Morgan fingerprint density at radius 2 is 1.81 bits per heavy atom. The maximum atomic E-state index is 13.3. The number of aromatic nitrogens is 2. The van der Waals surface area contributed by atoms with Gasteiger partial charge in [-0.1, -0.05) is 11.6 Å². The number of nitrogens with zero attached hydrogens (tertiary/aromatic N) is 4. The summed E-state index contributed by atoms with van der Waals surface area (Å²) in [5.41, 5.74) is 0.926. The monoisotopic (exact) mass is 406 g/mol. The molecule has 1 atom stereocenters. The van der Waals surface area contributed by atoms with Crippen molar-refractivity contribution in [2.75, 3.05) is 20.6 Å². The third kappa shape index (κ3) is 4.02. The minimum Gasteiger partial charge on any atom is -0.383 e. The molecule has 2 aromatic rings. The van der Waals surface area contributed by atoms with Crippen molar-refractivity contribution < 1.29 is 13.2 Å². The zero-order valence-corrected chi connectivity index (χ0v) is 16.5. The number of piperidine rings is 1. The molecule has 2 heterocycles. The van der Waals surface area contributed by atoms with Gasteiger partial charge < -0.3 is 4.90 Å². The second-order valence-electron chi connectivity index (χ2n) is 6.37. The van der Waals surface area contributed by atoms with Gasteiger partial charge >= 0.3 is 0 Å². The molecule has 1 fully saturated rings. The molecule has 0 amide bonds. The molecule has 9 heteroatoms. The summed E-state index contributed by atoms with van der Waals surface area (Å²) in [6.45, 7) is 0.0775. The summed E-state index contributed by atoms with van der Waals surface area (Å²) in [4.78, 5) is 22.4. The van der Waals surface area contributed by atoms with Crippen LogP contribution in [0.1, 0.15) is 18.0 Å². The molecule has 0 N–H and O–H groups in total. The number of hydrogen-bond acceptors (Lipinski definition) is 6. The molecule has 0 spiro atoms. The summed E-state index contributed by atoms with van der Waals surface area (Å²) in [7, 11) is -0.294. The lowest BCUT2D eigenvalue weighted by Gasteiger charge is -2.36. The Kier molecular flexibility index (Phi) is 5.59. The second kappa shape index (κ2) is 7.75. The molecule has 1 unspecified atom stereocenters. The quantitative estimate of drug-likeness (QED) is 0.724. The minimum atomic E-state index is -3.86. The van der Waals surface area contributed by atoms with Gasteiger partial charge in [-0.25, -0.2) is 18.4 Å². The van der Waals surface area contributed by atoms with Crippen LogP contribution >= 0.6 is 11.6 Å². The number of halogens is 1. The SMILES string of the molecule is CN(C)/C=C1\C(=O)CCN(S(=O)(=O)c2ccc(Cl)cc2)C1c1cncnc1.